The average Bonchev–Trinajstić information content (AvgIpc) is 2.70. The molecule has 1 aromatic carbocycles. The fraction of sp³-hybridized carbons (Fsp3) is 0.692. The summed E-state index contributed by atoms with van der Waals surface area (Å²) in [7, 11) is 0. The lowest BCUT2D eigenvalue weighted by atomic mass is 9.95. The highest BCUT2D eigenvalue weighted by Gasteiger charge is 2.17. The van der Waals surface area contributed by atoms with Gasteiger partial charge in [-0.1, -0.05) is 103 Å². The maximum atomic E-state index is 11.4. The monoisotopic (exact) mass is 418 g/mol. The van der Waals surface area contributed by atoms with Crippen molar-refractivity contribution in [2.75, 3.05) is 0 Å². The third kappa shape index (κ3) is 11.4. The minimum atomic E-state index is -1.05. The van der Waals surface area contributed by atoms with Crippen LogP contribution in [0.1, 0.15) is 130 Å². The van der Waals surface area contributed by atoms with E-state index in [1.165, 1.54) is 88.8 Å². The van der Waals surface area contributed by atoms with Crippen LogP contribution < -0.4 is 0 Å². The first-order valence-corrected chi connectivity index (χ1v) is 12.0. The standard InChI is InChI=1S/C26H42O4/c1-21(2)17-14-12-10-8-6-4-3-5-7-9-11-13-15-18-22-23(25(27)28)19-16-20-24(22)26(29)30/h16,19-21H,3-15,17-18H2,1-2H3,(H,27,28)(H,29,30). The maximum Gasteiger partial charge on any atom is 0.335 e. The topological polar surface area (TPSA) is 74.6 Å². The molecule has 0 saturated heterocycles. The third-order valence-electron chi connectivity index (χ3n) is 5.85. The summed E-state index contributed by atoms with van der Waals surface area (Å²) < 4.78 is 0. The maximum absolute atomic E-state index is 11.4. The number of hydrogen-bond donors (Lipinski definition) is 2. The largest absolute Gasteiger partial charge is 0.478 e. The number of benzene rings is 1. The molecular weight excluding hydrogens is 376 g/mol. The van der Waals surface area contributed by atoms with Crippen LogP contribution in [0.15, 0.2) is 18.2 Å². The van der Waals surface area contributed by atoms with Gasteiger partial charge in [-0.3, -0.25) is 0 Å². The Morgan fingerprint density at radius 1 is 0.667 bits per heavy atom. The van der Waals surface area contributed by atoms with Gasteiger partial charge in [0.15, 0.2) is 0 Å². The molecule has 0 atom stereocenters. The molecule has 0 aliphatic heterocycles. The van der Waals surface area contributed by atoms with Crippen LogP contribution in [-0.4, -0.2) is 22.2 Å². The number of carboxylic acids is 2. The smallest absolute Gasteiger partial charge is 0.335 e. The van der Waals surface area contributed by atoms with Crippen LogP contribution in [-0.2, 0) is 6.42 Å². The summed E-state index contributed by atoms with van der Waals surface area (Å²) >= 11 is 0. The summed E-state index contributed by atoms with van der Waals surface area (Å²) in [5, 5.41) is 18.6. The summed E-state index contributed by atoms with van der Waals surface area (Å²) in [5.41, 5.74) is 0.700. The van der Waals surface area contributed by atoms with E-state index in [0.717, 1.165) is 25.2 Å². The predicted molar refractivity (Wildman–Crippen MR) is 124 cm³/mol. The molecule has 0 saturated carbocycles. The van der Waals surface area contributed by atoms with E-state index in [0.29, 0.717) is 12.0 Å². The molecule has 0 fully saturated rings. The second-order valence-electron chi connectivity index (χ2n) is 8.97. The number of hydrogen-bond acceptors (Lipinski definition) is 2. The second kappa shape index (κ2) is 15.9. The van der Waals surface area contributed by atoms with E-state index in [9.17, 15) is 19.8 Å². The van der Waals surface area contributed by atoms with Gasteiger partial charge in [0.2, 0.25) is 0 Å². The highest BCUT2D eigenvalue weighted by Crippen LogP contribution is 2.20. The van der Waals surface area contributed by atoms with Gasteiger partial charge in [0, 0.05) is 0 Å². The molecular formula is C26H42O4. The minimum absolute atomic E-state index is 0.120. The number of carbonyl (C=O) groups is 2. The van der Waals surface area contributed by atoms with E-state index in [1.54, 1.807) is 0 Å². The fourth-order valence-corrected chi connectivity index (χ4v) is 4.06. The molecule has 0 spiro atoms. The van der Waals surface area contributed by atoms with Gasteiger partial charge in [0.1, 0.15) is 0 Å². The van der Waals surface area contributed by atoms with Crippen molar-refractivity contribution in [1.29, 1.82) is 0 Å². The minimum Gasteiger partial charge on any atom is -0.478 e. The van der Waals surface area contributed by atoms with E-state index < -0.39 is 11.9 Å². The summed E-state index contributed by atoms with van der Waals surface area (Å²) in [4.78, 5) is 22.8. The van der Waals surface area contributed by atoms with Crippen molar-refractivity contribution >= 4 is 11.9 Å². The number of aromatic carboxylic acids is 2. The van der Waals surface area contributed by atoms with Crippen molar-refractivity contribution in [2.45, 2.75) is 110 Å². The van der Waals surface area contributed by atoms with E-state index in [1.807, 2.05) is 0 Å². The van der Waals surface area contributed by atoms with E-state index in [4.69, 9.17) is 0 Å². The summed E-state index contributed by atoms with van der Waals surface area (Å²) in [5.74, 6) is -1.26. The zero-order valence-electron chi connectivity index (χ0n) is 19.1. The molecule has 0 aliphatic carbocycles. The summed E-state index contributed by atoms with van der Waals surface area (Å²) in [6, 6.07) is 4.49. The van der Waals surface area contributed by atoms with Crippen LogP contribution in [0.3, 0.4) is 0 Å². The van der Waals surface area contributed by atoms with Gasteiger partial charge >= 0.3 is 11.9 Å². The van der Waals surface area contributed by atoms with E-state index in [2.05, 4.69) is 13.8 Å². The van der Waals surface area contributed by atoms with Crippen molar-refractivity contribution in [3.63, 3.8) is 0 Å². The summed E-state index contributed by atoms with van der Waals surface area (Å²) in [6.07, 6.45) is 18.3. The molecule has 0 aromatic heterocycles. The van der Waals surface area contributed by atoms with Crippen molar-refractivity contribution in [1.82, 2.24) is 0 Å². The Morgan fingerprint density at radius 2 is 1.03 bits per heavy atom. The highest BCUT2D eigenvalue weighted by molar-refractivity contribution is 5.96. The van der Waals surface area contributed by atoms with Crippen LogP contribution in [0.2, 0.25) is 0 Å². The Morgan fingerprint density at radius 3 is 1.40 bits per heavy atom. The van der Waals surface area contributed by atoms with Crippen LogP contribution in [0.4, 0.5) is 0 Å². The molecule has 1 rings (SSSR count). The number of unbranched alkanes of at least 4 members (excludes halogenated alkanes) is 12. The van der Waals surface area contributed by atoms with Gasteiger partial charge < -0.3 is 10.2 Å². The van der Waals surface area contributed by atoms with Crippen LogP contribution in [0, 0.1) is 5.92 Å². The highest BCUT2D eigenvalue weighted by atomic mass is 16.4. The molecule has 0 heterocycles. The molecule has 4 heteroatoms. The first kappa shape index (κ1) is 26.2. The van der Waals surface area contributed by atoms with Crippen LogP contribution >= 0.6 is 0 Å². The molecule has 0 bridgehead atoms. The normalized spacial score (nSPS) is 11.2. The third-order valence-corrected chi connectivity index (χ3v) is 5.85. The van der Waals surface area contributed by atoms with Gasteiger partial charge in [-0.15, -0.1) is 0 Å². The average molecular weight is 419 g/mol. The van der Waals surface area contributed by atoms with Crippen LogP contribution in [0.5, 0.6) is 0 Å². The molecule has 30 heavy (non-hydrogen) atoms. The van der Waals surface area contributed by atoms with Gasteiger partial charge in [-0.2, -0.15) is 0 Å². The Labute approximate surface area is 183 Å². The molecule has 0 radical (unpaired) electrons. The van der Waals surface area contributed by atoms with Gasteiger partial charge in [-0.25, -0.2) is 9.59 Å². The zero-order valence-corrected chi connectivity index (χ0v) is 19.1. The van der Waals surface area contributed by atoms with E-state index in [-0.39, 0.29) is 11.1 Å². The van der Waals surface area contributed by atoms with Crippen molar-refractivity contribution in [3.8, 4) is 0 Å². The Balaban J connectivity index is 2.06. The fourth-order valence-electron chi connectivity index (χ4n) is 4.06. The lowest BCUT2D eigenvalue weighted by molar-refractivity contribution is 0.0695. The summed E-state index contributed by atoms with van der Waals surface area (Å²) in [6.45, 7) is 4.60. The Hall–Kier alpha value is -1.84. The molecule has 0 amide bonds. The molecule has 2 N–H and O–H groups in total. The molecule has 0 aliphatic rings. The quantitative estimate of drug-likeness (QED) is 0.239. The van der Waals surface area contributed by atoms with Gasteiger partial charge in [0.05, 0.1) is 11.1 Å². The zero-order chi connectivity index (χ0) is 22.2. The second-order valence-corrected chi connectivity index (χ2v) is 8.97. The number of rotatable bonds is 18. The Kier molecular flexibility index (Phi) is 13.9. The predicted octanol–water partition coefficient (Wildman–Crippen LogP) is 7.74. The Bertz CT molecular complexity index is 589. The lowest BCUT2D eigenvalue weighted by Gasteiger charge is -2.10. The van der Waals surface area contributed by atoms with Gasteiger partial charge in [0.25, 0.3) is 0 Å². The van der Waals surface area contributed by atoms with Crippen molar-refractivity contribution < 1.29 is 19.8 Å². The molecule has 1 aromatic rings. The SMILES string of the molecule is CC(C)CCCCCCCCCCCCCCCc1c(C(=O)O)cccc1C(=O)O. The van der Waals surface area contributed by atoms with Crippen LogP contribution in [0.25, 0.3) is 0 Å². The lowest BCUT2D eigenvalue weighted by Crippen LogP contribution is -2.10. The van der Waals surface area contributed by atoms with E-state index >= 15 is 0 Å². The van der Waals surface area contributed by atoms with Crippen molar-refractivity contribution in [2.24, 2.45) is 5.92 Å². The van der Waals surface area contributed by atoms with Crippen molar-refractivity contribution in [3.05, 3.63) is 34.9 Å². The molecule has 0 unspecified atom stereocenters. The first-order valence-electron chi connectivity index (χ1n) is 12.0. The number of carboxylic acid groups (broad SMARTS) is 2. The first-order chi connectivity index (χ1) is 14.4. The molecule has 170 valence electrons. The molecule has 4 nitrogen and oxygen atoms in total. The van der Waals surface area contributed by atoms with Gasteiger partial charge in [-0.05, 0) is 36.5 Å².